The van der Waals surface area contributed by atoms with E-state index < -0.39 is 0 Å². The Bertz CT molecular complexity index is 564. The summed E-state index contributed by atoms with van der Waals surface area (Å²) in [6, 6.07) is 3.96. The number of halogens is 1. The van der Waals surface area contributed by atoms with Crippen LogP contribution in [0.4, 0.5) is 5.69 Å². The Labute approximate surface area is 144 Å². The Morgan fingerprint density at radius 3 is 2.70 bits per heavy atom. The maximum Gasteiger partial charge on any atom is 0.279 e. The predicted molar refractivity (Wildman–Crippen MR) is 95.2 cm³/mol. The van der Waals surface area contributed by atoms with Crippen molar-refractivity contribution in [2.45, 2.75) is 46.0 Å². The van der Waals surface area contributed by atoms with Gasteiger partial charge in [0.05, 0.1) is 23.8 Å². The van der Waals surface area contributed by atoms with Gasteiger partial charge < -0.3 is 10.2 Å². The lowest BCUT2D eigenvalue weighted by molar-refractivity contribution is -0.902. The molecule has 1 aliphatic heterocycles. The quantitative estimate of drug-likeness (QED) is 0.874. The van der Waals surface area contributed by atoms with Crippen molar-refractivity contribution in [2.24, 2.45) is 11.8 Å². The molecule has 2 fully saturated rings. The van der Waals surface area contributed by atoms with Gasteiger partial charge >= 0.3 is 0 Å². The summed E-state index contributed by atoms with van der Waals surface area (Å²) >= 11 is 6.29. The SMILES string of the molecule is Cc1cc(C)c(NC(=O)C[NH+]2CC[C@H]3CCCC[C@@H]3C2)c(Cl)c1. The number of quaternary nitrogens is 1. The average Bonchev–Trinajstić information content (AvgIpc) is 2.51. The van der Waals surface area contributed by atoms with Gasteiger partial charge in [-0.05, 0) is 56.2 Å². The molecule has 2 aliphatic rings. The van der Waals surface area contributed by atoms with Crippen LogP contribution in [0.3, 0.4) is 0 Å². The summed E-state index contributed by atoms with van der Waals surface area (Å²) in [6.45, 7) is 6.87. The topological polar surface area (TPSA) is 33.5 Å². The lowest BCUT2D eigenvalue weighted by Crippen LogP contribution is -3.15. The van der Waals surface area contributed by atoms with Crippen LogP contribution in [0.15, 0.2) is 12.1 Å². The van der Waals surface area contributed by atoms with Crippen LogP contribution in [-0.4, -0.2) is 25.5 Å². The molecule has 0 aromatic heterocycles. The molecule has 1 aliphatic carbocycles. The maximum atomic E-state index is 12.4. The van der Waals surface area contributed by atoms with Gasteiger partial charge in [-0.15, -0.1) is 0 Å². The van der Waals surface area contributed by atoms with Crippen molar-refractivity contribution < 1.29 is 9.69 Å². The molecule has 23 heavy (non-hydrogen) atoms. The van der Waals surface area contributed by atoms with Crippen molar-refractivity contribution in [3.63, 3.8) is 0 Å². The van der Waals surface area contributed by atoms with E-state index in [0.29, 0.717) is 11.6 Å². The van der Waals surface area contributed by atoms with Gasteiger partial charge in [-0.1, -0.05) is 30.5 Å². The number of anilines is 1. The number of carbonyl (C=O) groups excluding carboxylic acids is 1. The van der Waals surface area contributed by atoms with Crippen LogP contribution < -0.4 is 10.2 Å². The summed E-state index contributed by atoms with van der Waals surface area (Å²) in [5.41, 5.74) is 2.93. The van der Waals surface area contributed by atoms with Crippen molar-refractivity contribution in [1.29, 1.82) is 0 Å². The summed E-state index contributed by atoms with van der Waals surface area (Å²) in [5.74, 6) is 1.84. The molecule has 3 atom stereocenters. The van der Waals surface area contributed by atoms with Crippen LogP contribution in [0.5, 0.6) is 0 Å². The summed E-state index contributed by atoms with van der Waals surface area (Å²) in [6.07, 6.45) is 6.83. The number of aryl methyl sites for hydroxylation is 2. The summed E-state index contributed by atoms with van der Waals surface area (Å²) < 4.78 is 0. The second-order valence-corrected chi connectivity index (χ2v) is 7.87. The van der Waals surface area contributed by atoms with Gasteiger partial charge in [-0.3, -0.25) is 4.79 Å². The molecule has 3 nitrogen and oxygen atoms in total. The molecule has 0 radical (unpaired) electrons. The van der Waals surface area contributed by atoms with Crippen LogP contribution in [0, 0.1) is 25.7 Å². The zero-order valence-electron chi connectivity index (χ0n) is 14.3. The Balaban J connectivity index is 1.57. The van der Waals surface area contributed by atoms with Crippen LogP contribution in [0.2, 0.25) is 5.02 Å². The number of hydrogen-bond acceptors (Lipinski definition) is 1. The fraction of sp³-hybridized carbons (Fsp3) is 0.632. The fourth-order valence-electron chi connectivity index (χ4n) is 4.44. The van der Waals surface area contributed by atoms with Crippen molar-refractivity contribution in [3.8, 4) is 0 Å². The Hall–Kier alpha value is -1.06. The van der Waals surface area contributed by atoms with Crippen LogP contribution in [0.25, 0.3) is 0 Å². The fourth-order valence-corrected chi connectivity index (χ4v) is 4.81. The van der Waals surface area contributed by atoms with Crippen LogP contribution in [-0.2, 0) is 4.79 Å². The first kappa shape index (κ1) is 16.8. The third-order valence-corrected chi connectivity index (χ3v) is 5.89. The zero-order valence-corrected chi connectivity index (χ0v) is 15.0. The minimum Gasteiger partial charge on any atom is -0.327 e. The molecule has 1 heterocycles. The normalized spacial score (nSPS) is 27.3. The minimum absolute atomic E-state index is 0.0862. The van der Waals surface area contributed by atoms with E-state index in [-0.39, 0.29) is 5.91 Å². The molecule has 1 aromatic carbocycles. The molecule has 1 aromatic rings. The third kappa shape index (κ3) is 4.07. The monoisotopic (exact) mass is 335 g/mol. The highest BCUT2D eigenvalue weighted by Gasteiger charge is 2.34. The largest absolute Gasteiger partial charge is 0.327 e. The summed E-state index contributed by atoms with van der Waals surface area (Å²) in [5, 5.41) is 3.67. The lowest BCUT2D eigenvalue weighted by Gasteiger charge is -2.38. The van der Waals surface area contributed by atoms with E-state index in [9.17, 15) is 4.79 Å². The molecular weight excluding hydrogens is 308 g/mol. The number of hydrogen-bond donors (Lipinski definition) is 2. The summed E-state index contributed by atoms with van der Waals surface area (Å²) in [4.78, 5) is 13.9. The standard InChI is InChI=1S/C19H27ClN2O/c1-13-9-14(2)19(17(20)10-13)21-18(23)12-22-8-7-15-5-3-4-6-16(15)11-22/h9-10,15-16H,3-8,11-12H2,1-2H3,(H,21,23)/p+1/t15-,16-/m1/s1. The smallest absolute Gasteiger partial charge is 0.279 e. The predicted octanol–water partition coefficient (Wildman–Crippen LogP) is 2.99. The number of carbonyl (C=O) groups is 1. The van der Waals surface area contributed by atoms with Gasteiger partial charge in [0.2, 0.25) is 0 Å². The minimum atomic E-state index is 0.0862. The number of rotatable bonds is 3. The molecule has 1 unspecified atom stereocenters. The number of likely N-dealkylation sites (tertiary alicyclic amines) is 1. The number of amides is 1. The van der Waals surface area contributed by atoms with Gasteiger partial charge in [0, 0.05) is 5.92 Å². The van der Waals surface area contributed by atoms with Crippen LogP contribution in [0.1, 0.15) is 43.2 Å². The molecule has 2 N–H and O–H groups in total. The highest BCUT2D eigenvalue weighted by atomic mass is 35.5. The van der Waals surface area contributed by atoms with Crippen molar-refractivity contribution in [1.82, 2.24) is 0 Å². The van der Waals surface area contributed by atoms with E-state index in [2.05, 4.69) is 11.4 Å². The number of piperidine rings is 1. The van der Waals surface area contributed by atoms with E-state index in [1.54, 1.807) is 0 Å². The molecule has 1 amide bonds. The lowest BCUT2D eigenvalue weighted by atomic mass is 9.75. The van der Waals surface area contributed by atoms with E-state index in [1.807, 2.05) is 19.9 Å². The Morgan fingerprint density at radius 1 is 1.22 bits per heavy atom. The van der Waals surface area contributed by atoms with E-state index >= 15 is 0 Å². The molecule has 0 spiro atoms. The van der Waals surface area contributed by atoms with Gasteiger partial charge in [0.1, 0.15) is 0 Å². The molecule has 1 saturated heterocycles. The molecule has 126 valence electrons. The van der Waals surface area contributed by atoms with E-state index in [1.165, 1.54) is 43.5 Å². The Morgan fingerprint density at radius 2 is 1.96 bits per heavy atom. The van der Waals surface area contributed by atoms with Crippen LogP contribution >= 0.6 is 11.6 Å². The molecule has 4 heteroatoms. The highest BCUT2D eigenvalue weighted by Crippen LogP contribution is 2.32. The first-order valence-electron chi connectivity index (χ1n) is 8.93. The van der Waals surface area contributed by atoms with E-state index in [0.717, 1.165) is 35.2 Å². The Kier molecular flexibility index (Phi) is 5.27. The van der Waals surface area contributed by atoms with Crippen molar-refractivity contribution >= 4 is 23.2 Å². The van der Waals surface area contributed by atoms with Crippen molar-refractivity contribution in [2.75, 3.05) is 25.0 Å². The van der Waals surface area contributed by atoms with Gasteiger partial charge in [-0.25, -0.2) is 0 Å². The maximum absolute atomic E-state index is 12.4. The second kappa shape index (κ2) is 7.23. The molecular formula is C19H28ClN2O+. The zero-order chi connectivity index (χ0) is 16.4. The highest BCUT2D eigenvalue weighted by molar-refractivity contribution is 6.34. The first-order chi connectivity index (χ1) is 11.0. The number of benzene rings is 1. The first-order valence-corrected chi connectivity index (χ1v) is 9.31. The number of fused-ring (bicyclic) bond motifs is 1. The molecule has 0 bridgehead atoms. The number of nitrogens with one attached hydrogen (secondary N) is 2. The molecule has 3 rings (SSSR count). The second-order valence-electron chi connectivity index (χ2n) is 7.46. The van der Waals surface area contributed by atoms with Gasteiger partial charge in [0.15, 0.2) is 6.54 Å². The van der Waals surface area contributed by atoms with Gasteiger partial charge in [-0.2, -0.15) is 0 Å². The third-order valence-electron chi connectivity index (χ3n) is 5.59. The summed E-state index contributed by atoms with van der Waals surface area (Å²) in [7, 11) is 0. The van der Waals surface area contributed by atoms with Gasteiger partial charge in [0.25, 0.3) is 5.91 Å². The van der Waals surface area contributed by atoms with E-state index in [4.69, 9.17) is 11.6 Å². The average molecular weight is 336 g/mol. The molecule has 1 saturated carbocycles. The van der Waals surface area contributed by atoms with Crippen molar-refractivity contribution in [3.05, 3.63) is 28.3 Å².